The van der Waals surface area contributed by atoms with Gasteiger partial charge in [0.2, 0.25) is 0 Å². The zero-order chi connectivity index (χ0) is 13.7. The zero-order valence-corrected chi connectivity index (χ0v) is 11.4. The lowest BCUT2D eigenvalue weighted by molar-refractivity contribution is -0.147. The highest BCUT2D eigenvalue weighted by Crippen LogP contribution is 2.19. The summed E-state index contributed by atoms with van der Waals surface area (Å²) in [5.74, 6) is 0.577. The Labute approximate surface area is 112 Å². The zero-order valence-electron chi connectivity index (χ0n) is 11.4. The largest absolute Gasteiger partial charge is 0.469 e. The lowest BCUT2D eigenvalue weighted by atomic mass is 9.98. The first-order valence-electron chi connectivity index (χ1n) is 6.46. The highest BCUT2D eigenvalue weighted by molar-refractivity contribution is 5.72. The van der Waals surface area contributed by atoms with Crippen LogP contribution in [-0.4, -0.2) is 43.3 Å². The van der Waals surface area contributed by atoms with Gasteiger partial charge >= 0.3 is 5.97 Å². The first-order chi connectivity index (χ1) is 9.22. The number of nitrogens with zero attached hydrogens (tertiary/aromatic N) is 2. The molecule has 2 rings (SSSR count). The molecule has 1 aromatic heterocycles. The molecule has 0 N–H and O–H groups in total. The average Bonchev–Trinajstić information content (AvgIpc) is 2.86. The van der Waals surface area contributed by atoms with E-state index in [1.54, 1.807) is 7.11 Å². The second-order valence-electron chi connectivity index (χ2n) is 4.82. The average molecular weight is 268 g/mol. The molecule has 2 heterocycles. The Kier molecular flexibility index (Phi) is 4.93. The van der Waals surface area contributed by atoms with Gasteiger partial charge in [0.1, 0.15) is 6.61 Å². The van der Waals surface area contributed by atoms with Crippen LogP contribution in [0.4, 0.5) is 0 Å². The Morgan fingerprint density at radius 3 is 3.16 bits per heavy atom. The Morgan fingerprint density at radius 2 is 2.42 bits per heavy atom. The third-order valence-electron chi connectivity index (χ3n) is 3.32. The Morgan fingerprint density at radius 1 is 1.58 bits per heavy atom. The second kappa shape index (κ2) is 6.68. The number of methoxy groups -OCH3 is 2. The second-order valence-corrected chi connectivity index (χ2v) is 4.82. The van der Waals surface area contributed by atoms with E-state index in [9.17, 15) is 4.79 Å². The molecule has 0 radical (unpaired) electrons. The topological polar surface area (TPSA) is 64.8 Å². The van der Waals surface area contributed by atoms with Gasteiger partial charge in [-0.05, 0) is 19.4 Å². The fraction of sp³-hybridized carbons (Fsp3) is 0.692. The first kappa shape index (κ1) is 14.0. The van der Waals surface area contributed by atoms with Crippen molar-refractivity contribution >= 4 is 5.97 Å². The van der Waals surface area contributed by atoms with E-state index in [0.29, 0.717) is 13.2 Å². The molecule has 0 bridgehead atoms. The first-order valence-corrected chi connectivity index (χ1v) is 6.46. The number of hydrogen-bond donors (Lipinski definition) is 0. The molecule has 0 aromatic carbocycles. The molecule has 0 amide bonds. The van der Waals surface area contributed by atoms with Crippen molar-refractivity contribution in [1.82, 2.24) is 10.1 Å². The van der Waals surface area contributed by atoms with Crippen molar-refractivity contribution in [1.29, 1.82) is 0 Å². The molecular formula is C13H20N2O4. The van der Waals surface area contributed by atoms with Gasteiger partial charge in [0, 0.05) is 26.3 Å². The number of rotatable bonds is 5. The van der Waals surface area contributed by atoms with Crippen molar-refractivity contribution in [3.63, 3.8) is 0 Å². The van der Waals surface area contributed by atoms with Crippen molar-refractivity contribution < 1.29 is 18.8 Å². The van der Waals surface area contributed by atoms with Crippen LogP contribution in [0.3, 0.4) is 0 Å². The fourth-order valence-corrected chi connectivity index (χ4v) is 2.43. The molecule has 1 aliphatic heterocycles. The maximum absolute atomic E-state index is 11.6. The van der Waals surface area contributed by atoms with Crippen LogP contribution >= 0.6 is 0 Å². The van der Waals surface area contributed by atoms with Gasteiger partial charge in [-0.15, -0.1) is 0 Å². The van der Waals surface area contributed by atoms with Crippen LogP contribution in [0.1, 0.15) is 24.3 Å². The van der Waals surface area contributed by atoms with E-state index < -0.39 is 0 Å². The lowest BCUT2D eigenvalue weighted by Crippen LogP contribution is -2.38. The molecule has 0 saturated carbocycles. The summed E-state index contributed by atoms with van der Waals surface area (Å²) in [6.45, 7) is 2.82. The van der Waals surface area contributed by atoms with Crippen molar-refractivity contribution in [3.05, 3.63) is 17.5 Å². The van der Waals surface area contributed by atoms with Crippen molar-refractivity contribution in [2.45, 2.75) is 26.0 Å². The van der Waals surface area contributed by atoms with Gasteiger partial charge < -0.3 is 14.0 Å². The van der Waals surface area contributed by atoms with E-state index in [1.807, 2.05) is 6.07 Å². The van der Waals surface area contributed by atoms with Crippen molar-refractivity contribution in [2.75, 3.05) is 27.3 Å². The van der Waals surface area contributed by atoms with E-state index in [1.165, 1.54) is 7.11 Å². The lowest BCUT2D eigenvalue weighted by Gasteiger charge is -2.30. The third-order valence-corrected chi connectivity index (χ3v) is 3.32. The quantitative estimate of drug-likeness (QED) is 0.748. The van der Waals surface area contributed by atoms with Crippen LogP contribution in [0.15, 0.2) is 10.6 Å². The maximum atomic E-state index is 11.6. The Balaban J connectivity index is 1.89. The molecular weight excluding hydrogens is 248 g/mol. The van der Waals surface area contributed by atoms with Crippen LogP contribution in [-0.2, 0) is 27.4 Å². The summed E-state index contributed by atoms with van der Waals surface area (Å²) < 4.78 is 14.9. The molecule has 1 aromatic rings. The molecule has 6 nitrogen and oxygen atoms in total. The van der Waals surface area contributed by atoms with E-state index in [0.717, 1.165) is 37.4 Å². The minimum atomic E-state index is -0.120. The molecule has 1 saturated heterocycles. The highest BCUT2D eigenvalue weighted by Gasteiger charge is 2.26. The summed E-state index contributed by atoms with van der Waals surface area (Å²) in [6.07, 6.45) is 1.90. The van der Waals surface area contributed by atoms with E-state index in [4.69, 9.17) is 14.0 Å². The van der Waals surface area contributed by atoms with Crippen LogP contribution in [0.2, 0.25) is 0 Å². The van der Waals surface area contributed by atoms with Gasteiger partial charge in [0.15, 0.2) is 5.76 Å². The van der Waals surface area contributed by atoms with E-state index in [-0.39, 0.29) is 11.9 Å². The summed E-state index contributed by atoms with van der Waals surface area (Å²) in [5.41, 5.74) is 0.873. The van der Waals surface area contributed by atoms with Gasteiger partial charge in [-0.25, -0.2) is 0 Å². The van der Waals surface area contributed by atoms with Gasteiger partial charge in [0.05, 0.1) is 18.7 Å². The summed E-state index contributed by atoms with van der Waals surface area (Å²) in [6, 6.07) is 1.89. The minimum absolute atomic E-state index is 0.0240. The van der Waals surface area contributed by atoms with Crippen LogP contribution < -0.4 is 0 Å². The number of likely N-dealkylation sites (tertiary alicyclic amines) is 1. The van der Waals surface area contributed by atoms with Crippen molar-refractivity contribution in [2.24, 2.45) is 5.92 Å². The van der Waals surface area contributed by atoms with Gasteiger partial charge in [-0.2, -0.15) is 0 Å². The Bertz CT molecular complexity index is 419. The molecule has 1 fully saturated rings. The fourth-order valence-electron chi connectivity index (χ4n) is 2.43. The monoisotopic (exact) mass is 268 g/mol. The molecule has 1 aliphatic rings. The molecule has 106 valence electrons. The van der Waals surface area contributed by atoms with Crippen molar-refractivity contribution in [3.8, 4) is 0 Å². The third kappa shape index (κ3) is 3.78. The van der Waals surface area contributed by atoms with Gasteiger partial charge in [-0.1, -0.05) is 5.16 Å². The summed E-state index contributed by atoms with van der Waals surface area (Å²) in [5, 5.41) is 4.01. The summed E-state index contributed by atoms with van der Waals surface area (Å²) in [7, 11) is 3.06. The Hall–Kier alpha value is -1.40. The van der Waals surface area contributed by atoms with Crippen LogP contribution in [0, 0.1) is 5.92 Å². The summed E-state index contributed by atoms with van der Waals surface area (Å²) >= 11 is 0. The number of hydrogen-bond acceptors (Lipinski definition) is 6. The normalized spacial score (nSPS) is 20.4. The smallest absolute Gasteiger partial charge is 0.309 e. The van der Waals surface area contributed by atoms with Crippen LogP contribution in [0.5, 0.6) is 0 Å². The van der Waals surface area contributed by atoms with Gasteiger partial charge in [0.25, 0.3) is 0 Å². The predicted octanol–water partition coefficient (Wildman–Crippen LogP) is 1.21. The number of esters is 1. The molecule has 19 heavy (non-hydrogen) atoms. The standard InChI is InChI=1S/C13H20N2O4/c1-17-9-12-6-11(14-19-12)8-15-5-3-4-10(7-15)13(16)18-2/h6,10H,3-5,7-9H2,1-2H3/t10-/m0/s1. The van der Waals surface area contributed by atoms with E-state index in [2.05, 4.69) is 10.1 Å². The molecule has 0 spiro atoms. The number of carbonyl (C=O) groups is 1. The van der Waals surface area contributed by atoms with E-state index >= 15 is 0 Å². The number of piperidine rings is 1. The summed E-state index contributed by atoms with van der Waals surface area (Å²) in [4.78, 5) is 13.8. The van der Waals surface area contributed by atoms with Crippen LogP contribution in [0.25, 0.3) is 0 Å². The predicted molar refractivity (Wildman–Crippen MR) is 67.2 cm³/mol. The van der Waals surface area contributed by atoms with Gasteiger partial charge in [-0.3, -0.25) is 9.69 Å². The molecule has 0 unspecified atom stereocenters. The molecule has 0 aliphatic carbocycles. The maximum Gasteiger partial charge on any atom is 0.309 e. The molecule has 1 atom stereocenters. The number of aromatic nitrogens is 1. The SMILES string of the molecule is COCc1cc(CN2CCC[C@H](C(=O)OC)C2)no1. The number of ether oxygens (including phenoxy) is 2. The highest BCUT2D eigenvalue weighted by atomic mass is 16.5. The molecule has 6 heteroatoms. The number of carbonyl (C=O) groups excluding carboxylic acids is 1. The minimum Gasteiger partial charge on any atom is -0.469 e.